The number of hydrogen-bond donors (Lipinski definition) is 1. The van der Waals surface area contributed by atoms with Crippen LogP contribution < -0.4 is 0 Å². The monoisotopic (exact) mass is 304 g/mol. The lowest BCUT2D eigenvalue weighted by Gasteiger charge is -2.39. The van der Waals surface area contributed by atoms with E-state index in [2.05, 4.69) is 6.58 Å². The van der Waals surface area contributed by atoms with Gasteiger partial charge in [0.1, 0.15) is 5.76 Å². The van der Waals surface area contributed by atoms with Gasteiger partial charge in [-0.25, -0.2) is 8.78 Å². The van der Waals surface area contributed by atoms with Crippen molar-refractivity contribution in [2.24, 2.45) is 0 Å². The van der Waals surface area contributed by atoms with Crippen LogP contribution in [0.4, 0.5) is 8.78 Å². The Morgan fingerprint density at radius 1 is 1.14 bits per heavy atom. The molecular formula is C19H22F2O. The zero-order valence-corrected chi connectivity index (χ0v) is 12.9. The summed E-state index contributed by atoms with van der Waals surface area (Å²) in [4.78, 5) is 0. The van der Waals surface area contributed by atoms with Crippen molar-refractivity contribution in [2.45, 2.75) is 44.4 Å². The number of halogens is 2. The van der Waals surface area contributed by atoms with Gasteiger partial charge in [-0.15, -0.1) is 0 Å². The van der Waals surface area contributed by atoms with Gasteiger partial charge in [0.2, 0.25) is 0 Å². The Balaban J connectivity index is 2.47. The lowest BCUT2D eigenvalue weighted by atomic mass is 9.65. The van der Waals surface area contributed by atoms with E-state index in [-0.39, 0.29) is 11.2 Å². The van der Waals surface area contributed by atoms with Gasteiger partial charge in [-0.2, -0.15) is 0 Å². The normalized spacial score (nSPS) is 19.0. The molecule has 0 saturated heterocycles. The maximum Gasteiger partial charge on any atom is 0.159 e. The molecule has 0 spiro atoms. The Labute approximate surface area is 130 Å². The average Bonchev–Trinajstić information content (AvgIpc) is 2.55. The second-order valence-electron chi connectivity index (χ2n) is 5.92. The summed E-state index contributed by atoms with van der Waals surface area (Å²) >= 11 is 0. The quantitative estimate of drug-likeness (QED) is 0.555. The first-order valence-corrected chi connectivity index (χ1v) is 7.65. The fraction of sp³-hybridized carbons (Fsp3) is 0.368. The van der Waals surface area contributed by atoms with Crippen molar-refractivity contribution in [3.63, 3.8) is 0 Å². The fourth-order valence-electron chi connectivity index (χ4n) is 3.30. The van der Waals surface area contributed by atoms with Gasteiger partial charge in [-0.05, 0) is 49.6 Å². The molecule has 1 aromatic rings. The molecule has 22 heavy (non-hydrogen) atoms. The van der Waals surface area contributed by atoms with E-state index in [4.69, 9.17) is 0 Å². The first-order chi connectivity index (χ1) is 10.5. The van der Waals surface area contributed by atoms with Crippen LogP contribution in [0.5, 0.6) is 0 Å². The Bertz CT molecular complexity index is 608. The molecule has 0 unspecified atom stereocenters. The van der Waals surface area contributed by atoms with Crippen LogP contribution in [0, 0.1) is 11.6 Å². The molecule has 0 bridgehead atoms. The molecule has 0 aliphatic heterocycles. The maximum atomic E-state index is 13.7. The van der Waals surface area contributed by atoms with Crippen molar-refractivity contribution < 1.29 is 13.9 Å². The molecule has 118 valence electrons. The Morgan fingerprint density at radius 2 is 1.82 bits per heavy atom. The van der Waals surface area contributed by atoms with E-state index >= 15 is 0 Å². The highest BCUT2D eigenvalue weighted by atomic mass is 19.2. The van der Waals surface area contributed by atoms with Crippen molar-refractivity contribution in [1.29, 1.82) is 0 Å². The van der Waals surface area contributed by atoms with E-state index in [0.29, 0.717) is 0 Å². The Morgan fingerprint density at radius 3 is 2.41 bits per heavy atom. The van der Waals surface area contributed by atoms with Gasteiger partial charge in [0.25, 0.3) is 0 Å². The number of aliphatic hydroxyl groups excluding tert-OH is 1. The highest BCUT2D eigenvalue weighted by Crippen LogP contribution is 2.45. The van der Waals surface area contributed by atoms with Crippen LogP contribution in [0.3, 0.4) is 0 Å². The molecule has 1 N–H and O–H groups in total. The molecule has 1 aliphatic carbocycles. The summed E-state index contributed by atoms with van der Waals surface area (Å²) < 4.78 is 26.9. The molecule has 0 aromatic heterocycles. The van der Waals surface area contributed by atoms with Gasteiger partial charge in [-0.3, -0.25) is 0 Å². The molecule has 0 heterocycles. The molecule has 2 rings (SSSR count). The predicted octanol–water partition coefficient (Wildman–Crippen LogP) is 5.74. The second kappa shape index (κ2) is 6.91. The van der Waals surface area contributed by atoms with Crippen LogP contribution in [-0.4, -0.2) is 5.11 Å². The van der Waals surface area contributed by atoms with Crippen LogP contribution in [0.2, 0.25) is 0 Å². The summed E-state index contributed by atoms with van der Waals surface area (Å²) in [6.45, 7) is 5.49. The van der Waals surface area contributed by atoms with E-state index in [1.807, 2.05) is 13.0 Å². The predicted molar refractivity (Wildman–Crippen MR) is 85.8 cm³/mol. The number of aliphatic hydroxyl groups is 1. The summed E-state index contributed by atoms with van der Waals surface area (Å²) in [5, 5.41) is 9.53. The van der Waals surface area contributed by atoms with Gasteiger partial charge in [-0.1, -0.05) is 43.6 Å². The first-order valence-electron chi connectivity index (χ1n) is 7.65. The number of hydrogen-bond acceptors (Lipinski definition) is 1. The first kappa shape index (κ1) is 16.5. The van der Waals surface area contributed by atoms with E-state index in [1.165, 1.54) is 18.2 Å². The third-order valence-electron chi connectivity index (χ3n) is 4.65. The Hall–Kier alpha value is -1.90. The van der Waals surface area contributed by atoms with Crippen molar-refractivity contribution >= 4 is 0 Å². The molecule has 0 amide bonds. The molecule has 0 radical (unpaired) electrons. The van der Waals surface area contributed by atoms with Gasteiger partial charge in [0.05, 0.1) is 0 Å². The van der Waals surface area contributed by atoms with E-state index < -0.39 is 11.6 Å². The summed E-state index contributed by atoms with van der Waals surface area (Å²) in [5.74, 6) is -1.53. The second-order valence-corrected chi connectivity index (χ2v) is 5.92. The van der Waals surface area contributed by atoms with Crippen molar-refractivity contribution in [3.05, 3.63) is 71.5 Å². The van der Waals surface area contributed by atoms with Crippen molar-refractivity contribution in [1.82, 2.24) is 0 Å². The molecule has 1 nitrogen and oxygen atoms in total. The van der Waals surface area contributed by atoms with Crippen molar-refractivity contribution in [2.75, 3.05) is 0 Å². The topological polar surface area (TPSA) is 20.2 Å². The van der Waals surface area contributed by atoms with Gasteiger partial charge in [0.15, 0.2) is 11.6 Å². The molecule has 1 fully saturated rings. The van der Waals surface area contributed by atoms with Crippen LogP contribution in [0.15, 0.2) is 54.3 Å². The minimum atomic E-state index is -0.819. The third kappa shape index (κ3) is 3.29. The largest absolute Gasteiger partial charge is 0.508 e. The summed E-state index contributed by atoms with van der Waals surface area (Å²) in [7, 11) is 0. The lowest BCUT2D eigenvalue weighted by molar-refractivity contribution is 0.337. The highest BCUT2D eigenvalue weighted by Gasteiger charge is 2.35. The molecule has 0 atom stereocenters. The SMILES string of the molecule is C=C/C(O)=C\C=C(/C)C1(c2ccc(F)c(F)c2)CCCCC1. The van der Waals surface area contributed by atoms with E-state index in [0.717, 1.165) is 43.2 Å². The van der Waals surface area contributed by atoms with Crippen LogP contribution in [-0.2, 0) is 5.41 Å². The van der Waals surface area contributed by atoms with E-state index in [1.54, 1.807) is 12.1 Å². The smallest absolute Gasteiger partial charge is 0.159 e. The molecular weight excluding hydrogens is 282 g/mol. The zero-order chi connectivity index (χ0) is 16.2. The van der Waals surface area contributed by atoms with Crippen LogP contribution in [0.1, 0.15) is 44.6 Å². The average molecular weight is 304 g/mol. The van der Waals surface area contributed by atoms with Gasteiger partial charge < -0.3 is 5.11 Å². The van der Waals surface area contributed by atoms with Crippen molar-refractivity contribution in [3.8, 4) is 0 Å². The van der Waals surface area contributed by atoms with Crippen LogP contribution >= 0.6 is 0 Å². The number of benzene rings is 1. The number of rotatable bonds is 4. The highest BCUT2D eigenvalue weighted by molar-refractivity contribution is 5.38. The lowest BCUT2D eigenvalue weighted by Crippen LogP contribution is -2.30. The Kier molecular flexibility index (Phi) is 5.17. The molecule has 1 aromatic carbocycles. The molecule has 3 heteroatoms. The summed E-state index contributed by atoms with van der Waals surface area (Å²) in [6.07, 6.45) is 9.90. The third-order valence-corrected chi connectivity index (χ3v) is 4.65. The molecule has 1 saturated carbocycles. The maximum absolute atomic E-state index is 13.7. The summed E-state index contributed by atoms with van der Waals surface area (Å²) in [5.41, 5.74) is 1.57. The summed E-state index contributed by atoms with van der Waals surface area (Å²) in [6, 6.07) is 4.19. The fourth-order valence-corrected chi connectivity index (χ4v) is 3.30. The van der Waals surface area contributed by atoms with E-state index in [9.17, 15) is 13.9 Å². The van der Waals surface area contributed by atoms with Gasteiger partial charge >= 0.3 is 0 Å². The van der Waals surface area contributed by atoms with Gasteiger partial charge in [0, 0.05) is 5.41 Å². The zero-order valence-electron chi connectivity index (χ0n) is 12.9. The molecule has 1 aliphatic rings. The van der Waals surface area contributed by atoms with Crippen LogP contribution in [0.25, 0.3) is 0 Å². The standard InChI is InChI=1S/C19H22F2O/c1-3-16(22)9-7-14(2)19(11-5-4-6-12-19)15-8-10-17(20)18(21)13-15/h3,7-10,13,22H,1,4-6,11-12H2,2H3/b14-7+,16-9+. The minimum Gasteiger partial charge on any atom is -0.508 e. The number of allylic oxidation sites excluding steroid dienone is 4. The minimum absolute atomic E-state index is 0.0931.